The Morgan fingerprint density at radius 1 is 1.21 bits per heavy atom. The van der Waals surface area contributed by atoms with Crippen LogP contribution in [-0.2, 0) is 17.9 Å². The molecule has 1 rings (SSSR count). The van der Waals surface area contributed by atoms with E-state index in [9.17, 15) is 0 Å². The third kappa shape index (κ3) is 4.19. The van der Waals surface area contributed by atoms with Gasteiger partial charge in [-0.3, -0.25) is 0 Å². The van der Waals surface area contributed by atoms with Crippen LogP contribution in [0.1, 0.15) is 26.3 Å². The molecule has 0 N–H and O–H groups in total. The Morgan fingerprint density at radius 3 is 2.43 bits per heavy atom. The Balaban J connectivity index is 2.90. The molecule has 0 atom stereocenters. The van der Waals surface area contributed by atoms with Gasteiger partial charge in [0.25, 0.3) is 0 Å². The van der Waals surface area contributed by atoms with Crippen LogP contribution >= 0.6 is 0 Å². The van der Waals surface area contributed by atoms with E-state index < -0.39 is 17.9 Å². The zero-order valence-corrected chi connectivity index (χ0v) is 12.2. The maximum atomic E-state index is 4.70. The first-order valence-corrected chi connectivity index (χ1v) is 7.76. The molecule has 1 aromatic carbocycles. The molecular weight excluding hydrogens is 342 g/mol. The fourth-order valence-electron chi connectivity index (χ4n) is 0.907. The van der Waals surface area contributed by atoms with E-state index in [4.69, 9.17) is 3.50 Å². The minimum absolute atomic E-state index is 0.330. The molecule has 0 saturated carbocycles. The van der Waals surface area contributed by atoms with Crippen molar-refractivity contribution in [2.24, 2.45) is 8.91 Å². The van der Waals surface area contributed by atoms with Crippen LogP contribution in [0.25, 0.3) is 0 Å². The molecule has 0 bridgehead atoms. The molecule has 0 aromatic heterocycles. The average molecular weight is 359 g/mol. The van der Waals surface area contributed by atoms with Crippen LogP contribution in [0.5, 0.6) is 0 Å². The summed E-state index contributed by atoms with van der Waals surface area (Å²) < 4.78 is 7.10. The second-order valence-corrected chi connectivity index (χ2v) is 6.73. The summed E-state index contributed by atoms with van der Waals surface area (Å²) in [6.07, 6.45) is 0. The van der Waals surface area contributed by atoms with E-state index in [0.717, 1.165) is 0 Å². The topological polar surface area (TPSA) is 12.4 Å². The Hall–Kier alpha value is -0.422. The summed E-state index contributed by atoms with van der Waals surface area (Å²) in [4.78, 5) is 0. The molecule has 0 aliphatic rings. The van der Waals surface area contributed by atoms with E-state index in [1.165, 1.54) is 11.3 Å². The Kier molecular flexibility index (Phi) is 4.07. The van der Waals surface area contributed by atoms with Crippen LogP contribution in [0.2, 0.25) is 0 Å². The standard InChI is InChI=1S/C7H7N.C5H10.W/c1-6-4-2-3-5-7(6)8;1-5(2,3)4;/h2-5H,1H3;1H,2-4H3;. The summed E-state index contributed by atoms with van der Waals surface area (Å²) in [5.41, 5.74) is 2.80. The van der Waals surface area contributed by atoms with Gasteiger partial charge in [-0.25, -0.2) is 0 Å². The first kappa shape index (κ1) is 11.7. The molecule has 0 spiro atoms. The Bertz CT molecular complexity index is 368. The van der Waals surface area contributed by atoms with Gasteiger partial charge in [0.1, 0.15) is 0 Å². The SMILES string of the molecule is Cc1ccccc1[N]=[W]=[CH]C(C)(C)C. The molecule has 0 radical (unpaired) electrons. The molecule has 1 nitrogen and oxygen atoms in total. The van der Waals surface area contributed by atoms with E-state index in [2.05, 4.69) is 56.4 Å². The molecule has 0 unspecified atom stereocenters. The first-order chi connectivity index (χ1) is 6.49. The number of aryl methyl sites for hydroxylation is 1. The zero-order chi connectivity index (χ0) is 10.6. The summed E-state index contributed by atoms with van der Waals surface area (Å²) in [7, 11) is 0. The molecule has 14 heavy (non-hydrogen) atoms. The van der Waals surface area contributed by atoms with Gasteiger partial charge in [0.2, 0.25) is 0 Å². The van der Waals surface area contributed by atoms with Crippen molar-refractivity contribution < 1.29 is 17.9 Å². The Morgan fingerprint density at radius 2 is 1.86 bits per heavy atom. The van der Waals surface area contributed by atoms with Crippen LogP contribution < -0.4 is 0 Å². The van der Waals surface area contributed by atoms with Crippen molar-refractivity contribution in [1.82, 2.24) is 0 Å². The van der Waals surface area contributed by atoms with Crippen molar-refractivity contribution in [2.45, 2.75) is 27.7 Å². The normalized spacial score (nSPS) is 10.9. The van der Waals surface area contributed by atoms with E-state index >= 15 is 0 Å². The Labute approximate surface area is 94.4 Å². The summed E-state index contributed by atoms with van der Waals surface area (Å²) in [5, 5.41) is 0. The van der Waals surface area contributed by atoms with Crippen LogP contribution in [0.4, 0.5) is 5.69 Å². The van der Waals surface area contributed by atoms with Crippen LogP contribution in [0.3, 0.4) is 0 Å². The fourth-order valence-corrected chi connectivity index (χ4v) is 3.38. The van der Waals surface area contributed by atoms with Crippen LogP contribution in [0.15, 0.2) is 27.8 Å². The van der Waals surface area contributed by atoms with Crippen molar-refractivity contribution in [1.29, 1.82) is 0 Å². The van der Waals surface area contributed by atoms with E-state index in [1.54, 1.807) is 0 Å². The average Bonchev–Trinajstić information content (AvgIpc) is 2.06. The molecule has 0 amide bonds. The van der Waals surface area contributed by atoms with Crippen molar-refractivity contribution in [2.75, 3.05) is 0 Å². The second kappa shape index (κ2) is 4.89. The maximum absolute atomic E-state index is 4.70. The summed E-state index contributed by atoms with van der Waals surface area (Å²) in [6, 6.07) is 8.34. The van der Waals surface area contributed by atoms with Gasteiger partial charge in [-0.2, -0.15) is 0 Å². The van der Waals surface area contributed by atoms with E-state index in [0.29, 0.717) is 5.41 Å². The quantitative estimate of drug-likeness (QED) is 0.725. The van der Waals surface area contributed by atoms with Gasteiger partial charge in [0, 0.05) is 0 Å². The van der Waals surface area contributed by atoms with Gasteiger partial charge < -0.3 is 0 Å². The van der Waals surface area contributed by atoms with Crippen LogP contribution in [-0.4, -0.2) is 4.40 Å². The summed E-state index contributed by atoms with van der Waals surface area (Å²) >= 11 is -0.655. The molecule has 0 saturated heterocycles. The second-order valence-electron chi connectivity index (χ2n) is 4.47. The zero-order valence-electron chi connectivity index (χ0n) is 9.24. The van der Waals surface area contributed by atoms with Gasteiger partial charge >= 0.3 is 94.4 Å². The van der Waals surface area contributed by atoms with E-state index in [1.807, 2.05) is 0 Å². The van der Waals surface area contributed by atoms with Gasteiger partial charge in [-0.1, -0.05) is 0 Å². The number of hydrogen-bond donors (Lipinski definition) is 0. The monoisotopic (exact) mass is 359 g/mol. The van der Waals surface area contributed by atoms with Gasteiger partial charge in [0.15, 0.2) is 0 Å². The molecule has 0 fully saturated rings. The molecule has 2 heteroatoms. The number of nitrogens with zero attached hydrogens (tertiary/aromatic N) is 1. The molecule has 0 aliphatic heterocycles. The fraction of sp³-hybridized carbons (Fsp3) is 0.417. The molecule has 0 aliphatic carbocycles. The molecular formula is C12H17NW. The predicted octanol–water partition coefficient (Wildman–Crippen LogP) is 3.74. The van der Waals surface area contributed by atoms with Crippen molar-refractivity contribution in [3.63, 3.8) is 0 Å². The first-order valence-electron chi connectivity index (χ1n) is 4.76. The number of hydrogen-bond acceptors (Lipinski definition) is 1. The van der Waals surface area contributed by atoms with Crippen molar-refractivity contribution >= 4 is 10.1 Å². The van der Waals surface area contributed by atoms with Gasteiger partial charge in [0.05, 0.1) is 0 Å². The van der Waals surface area contributed by atoms with Crippen molar-refractivity contribution in [3.8, 4) is 0 Å². The number of benzene rings is 1. The molecule has 1 aromatic rings. The number of rotatable bonds is 1. The van der Waals surface area contributed by atoms with Gasteiger partial charge in [-0.15, -0.1) is 0 Å². The third-order valence-electron chi connectivity index (χ3n) is 1.67. The summed E-state index contributed by atoms with van der Waals surface area (Å²) in [6.45, 7) is 8.83. The summed E-state index contributed by atoms with van der Waals surface area (Å²) in [5.74, 6) is 0. The van der Waals surface area contributed by atoms with Crippen molar-refractivity contribution in [3.05, 3.63) is 29.8 Å². The third-order valence-corrected chi connectivity index (χ3v) is 5.68. The minimum atomic E-state index is -0.655. The molecule has 0 heterocycles. The predicted molar refractivity (Wildman–Crippen MR) is 58.8 cm³/mol. The molecule has 76 valence electrons. The van der Waals surface area contributed by atoms with Crippen LogP contribution in [0, 0.1) is 12.3 Å². The van der Waals surface area contributed by atoms with Gasteiger partial charge in [-0.05, 0) is 0 Å². The van der Waals surface area contributed by atoms with E-state index in [-0.39, 0.29) is 0 Å².